The Hall–Kier alpha value is -3.40. The third kappa shape index (κ3) is 4.91. The fraction of sp³-hybridized carbons (Fsp3) is 0.200. The van der Waals surface area contributed by atoms with Gasteiger partial charge in [0, 0.05) is 23.8 Å². The molecule has 2 aromatic rings. The average molecular weight is 387 g/mol. The van der Waals surface area contributed by atoms with Crippen molar-refractivity contribution < 1.29 is 14.3 Å². The van der Waals surface area contributed by atoms with E-state index in [1.165, 1.54) is 0 Å². The van der Waals surface area contributed by atoms with Gasteiger partial charge in [0.05, 0.1) is 20.8 Å². The number of fused-ring (bicyclic) bond motifs is 1. The number of nitrogens with zero attached hydrogens (tertiary/aromatic N) is 1. The van der Waals surface area contributed by atoms with Crippen molar-refractivity contribution in [3.63, 3.8) is 0 Å². The number of methoxy groups -OCH3 is 2. The summed E-state index contributed by atoms with van der Waals surface area (Å²) in [5, 5.41) is 0. The number of ketones is 1. The Kier molecular flexibility index (Phi) is 6.80. The van der Waals surface area contributed by atoms with E-state index in [9.17, 15) is 4.79 Å². The minimum absolute atomic E-state index is 0.0255. The maximum Gasteiger partial charge on any atom is 0.189 e. The molecule has 0 amide bonds. The lowest BCUT2D eigenvalue weighted by Gasteiger charge is -2.08. The van der Waals surface area contributed by atoms with Crippen molar-refractivity contribution in [1.82, 2.24) is 0 Å². The molecular formula is C25H25NO3. The van der Waals surface area contributed by atoms with Gasteiger partial charge >= 0.3 is 0 Å². The summed E-state index contributed by atoms with van der Waals surface area (Å²) < 4.78 is 10.7. The molecule has 0 N–H and O–H groups in total. The fourth-order valence-corrected chi connectivity index (χ4v) is 3.28. The highest BCUT2D eigenvalue weighted by atomic mass is 16.5. The van der Waals surface area contributed by atoms with Crippen molar-refractivity contribution in [3.8, 4) is 11.5 Å². The van der Waals surface area contributed by atoms with Crippen LogP contribution in [-0.4, -0.2) is 26.2 Å². The molecule has 0 radical (unpaired) electrons. The molecule has 0 bridgehead atoms. The first-order chi connectivity index (χ1) is 14.2. The maximum atomic E-state index is 12.9. The molecule has 0 saturated heterocycles. The van der Waals surface area contributed by atoms with Gasteiger partial charge in [0.2, 0.25) is 0 Å². The number of rotatable bonds is 7. The second-order valence-corrected chi connectivity index (χ2v) is 6.68. The second kappa shape index (κ2) is 9.69. The predicted molar refractivity (Wildman–Crippen MR) is 117 cm³/mol. The Bertz CT molecular complexity index is 998. The average Bonchev–Trinajstić information content (AvgIpc) is 3.05. The van der Waals surface area contributed by atoms with Crippen molar-refractivity contribution in [2.24, 2.45) is 4.99 Å². The van der Waals surface area contributed by atoms with Gasteiger partial charge in [0.25, 0.3) is 0 Å². The number of allylic oxidation sites excluding steroid dienone is 6. The number of benzene rings is 2. The molecule has 4 nitrogen and oxygen atoms in total. The zero-order chi connectivity index (χ0) is 20.6. The van der Waals surface area contributed by atoms with Gasteiger partial charge in [-0.25, -0.2) is 0 Å². The molecule has 0 aliphatic heterocycles. The summed E-state index contributed by atoms with van der Waals surface area (Å²) in [5.41, 5.74) is 4.46. The monoisotopic (exact) mass is 387 g/mol. The first-order valence-corrected chi connectivity index (χ1v) is 9.53. The molecule has 4 heteroatoms. The Labute approximate surface area is 171 Å². The summed E-state index contributed by atoms with van der Waals surface area (Å²) in [6, 6.07) is 13.7. The van der Waals surface area contributed by atoms with Crippen LogP contribution in [0.2, 0.25) is 0 Å². The Balaban J connectivity index is 1.81. The molecule has 3 rings (SSSR count). The number of hydrogen-bond acceptors (Lipinski definition) is 4. The number of aliphatic imine (C=N–C) groups is 1. The molecule has 1 aliphatic rings. The number of carbonyl (C=O) groups excluding carboxylic acids is 1. The lowest BCUT2D eigenvalue weighted by molar-refractivity contribution is 0.103. The Morgan fingerprint density at radius 3 is 2.52 bits per heavy atom. The van der Waals surface area contributed by atoms with Crippen molar-refractivity contribution in [3.05, 3.63) is 94.6 Å². The number of Topliss-reactive ketones (excluding diaryl/α,β-unsaturated/α-hetero) is 1. The predicted octanol–water partition coefficient (Wildman–Crippen LogP) is 5.14. The van der Waals surface area contributed by atoms with E-state index in [1.807, 2.05) is 67.6 Å². The van der Waals surface area contributed by atoms with Gasteiger partial charge in [-0.3, -0.25) is 9.79 Å². The normalized spacial score (nSPS) is 15.5. The van der Waals surface area contributed by atoms with Crippen molar-refractivity contribution in [1.29, 1.82) is 0 Å². The molecule has 0 atom stereocenters. The third-order valence-corrected chi connectivity index (χ3v) is 4.72. The SMILES string of the molecule is C\C=C/C(=C\C=N\Cc1ccccc1)/C=C1\Cc2cc(OC)c(OC)cc2C1=O. The van der Waals surface area contributed by atoms with Gasteiger partial charge in [0.15, 0.2) is 17.3 Å². The van der Waals surface area contributed by atoms with Crippen molar-refractivity contribution in [2.75, 3.05) is 14.2 Å². The summed E-state index contributed by atoms with van der Waals surface area (Å²) in [6.07, 6.45) is 10.1. The van der Waals surface area contributed by atoms with Gasteiger partial charge < -0.3 is 9.47 Å². The molecule has 0 fully saturated rings. The smallest absolute Gasteiger partial charge is 0.189 e. The highest BCUT2D eigenvalue weighted by Gasteiger charge is 2.27. The van der Waals surface area contributed by atoms with Crippen LogP contribution in [0.25, 0.3) is 0 Å². The first-order valence-electron chi connectivity index (χ1n) is 9.53. The quantitative estimate of drug-likeness (QED) is 0.375. The standard InChI is InChI=1S/C25H25NO3/c1-4-8-18(11-12-26-17-19-9-6-5-7-10-19)13-21-14-20-15-23(28-2)24(29-3)16-22(20)25(21)27/h4-13,15-16H,14,17H2,1-3H3/b8-4-,18-11+,21-13+,26-12+. The van der Waals surface area contributed by atoms with Crippen LogP contribution in [0.1, 0.15) is 28.4 Å². The molecule has 0 spiro atoms. The van der Waals surface area contributed by atoms with E-state index in [0.717, 1.165) is 22.3 Å². The molecule has 2 aromatic carbocycles. The lowest BCUT2D eigenvalue weighted by atomic mass is 10.1. The largest absolute Gasteiger partial charge is 0.493 e. The molecule has 0 aromatic heterocycles. The summed E-state index contributed by atoms with van der Waals surface area (Å²) in [6.45, 7) is 2.58. The molecule has 0 unspecified atom stereocenters. The number of ether oxygens (including phenoxy) is 2. The van der Waals surface area contributed by atoms with Crippen LogP contribution >= 0.6 is 0 Å². The van der Waals surface area contributed by atoms with Crippen LogP contribution < -0.4 is 9.47 Å². The summed E-state index contributed by atoms with van der Waals surface area (Å²) in [5.74, 6) is 1.23. The minimum atomic E-state index is 0.0255. The van der Waals surface area contributed by atoms with E-state index in [2.05, 4.69) is 4.99 Å². The third-order valence-electron chi connectivity index (χ3n) is 4.72. The summed E-state index contributed by atoms with van der Waals surface area (Å²) in [7, 11) is 3.17. The first kappa shape index (κ1) is 20.3. The van der Waals surface area contributed by atoms with Crippen LogP contribution in [-0.2, 0) is 13.0 Å². The second-order valence-electron chi connectivity index (χ2n) is 6.68. The van der Waals surface area contributed by atoms with E-state index < -0.39 is 0 Å². The Morgan fingerprint density at radius 2 is 1.83 bits per heavy atom. The molecule has 0 saturated carbocycles. The highest BCUT2D eigenvalue weighted by molar-refractivity contribution is 6.13. The van der Waals surface area contributed by atoms with Crippen LogP contribution in [0.5, 0.6) is 11.5 Å². The van der Waals surface area contributed by atoms with Crippen LogP contribution in [0.15, 0.2) is 82.9 Å². The summed E-state index contributed by atoms with van der Waals surface area (Å²) >= 11 is 0. The summed E-state index contributed by atoms with van der Waals surface area (Å²) in [4.78, 5) is 17.3. The zero-order valence-corrected chi connectivity index (χ0v) is 17.0. The fourth-order valence-electron chi connectivity index (χ4n) is 3.28. The van der Waals surface area contributed by atoms with Gasteiger partial charge in [-0.15, -0.1) is 0 Å². The van der Waals surface area contributed by atoms with E-state index in [0.29, 0.717) is 30.0 Å². The number of hydrogen-bond donors (Lipinski definition) is 0. The van der Waals surface area contributed by atoms with E-state index in [4.69, 9.17) is 9.47 Å². The van der Waals surface area contributed by atoms with Crippen molar-refractivity contribution >= 4 is 12.0 Å². The van der Waals surface area contributed by atoms with Crippen molar-refractivity contribution in [2.45, 2.75) is 19.9 Å². The molecule has 0 heterocycles. The number of carbonyl (C=O) groups is 1. The Morgan fingerprint density at radius 1 is 1.10 bits per heavy atom. The van der Waals surface area contributed by atoms with Gasteiger partial charge in [0.1, 0.15) is 0 Å². The van der Waals surface area contributed by atoms with E-state index >= 15 is 0 Å². The molecular weight excluding hydrogens is 362 g/mol. The highest BCUT2D eigenvalue weighted by Crippen LogP contribution is 2.36. The zero-order valence-electron chi connectivity index (χ0n) is 17.0. The van der Waals surface area contributed by atoms with Crippen LogP contribution in [0, 0.1) is 0 Å². The van der Waals surface area contributed by atoms with Crippen LogP contribution in [0.4, 0.5) is 0 Å². The topological polar surface area (TPSA) is 47.9 Å². The molecule has 29 heavy (non-hydrogen) atoms. The van der Waals surface area contributed by atoms with Gasteiger partial charge in [-0.05, 0) is 47.9 Å². The minimum Gasteiger partial charge on any atom is -0.493 e. The molecule has 148 valence electrons. The maximum absolute atomic E-state index is 12.9. The van der Waals surface area contributed by atoms with Gasteiger partial charge in [-0.1, -0.05) is 42.5 Å². The van der Waals surface area contributed by atoms with E-state index in [1.54, 1.807) is 26.5 Å². The van der Waals surface area contributed by atoms with Gasteiger partial charge in [-0.2, -0.15) is 0 Å². The van der Waals surface area contributed by atoms with Crippen LogP contribution in [0.3, 0.4) is 0 Å². The van der Waals surface area contributed by atoms with E-state index in [-0.39, 0.29) is 5.78 Å². The lowest BCUT2D eigenvalue weighted by Crippen LogP contribution is -1.98. The molecule has 1 aliphatic carbocycles.